The number of carbonyl (C=O) groups is 1. The minimum absolute atomic E-state index is 0.0674. The molecule has 1 fully saturated rings. The maximum atomic E-state index is 12.2. The molecule has 3 heteroatoms. The highest BCUT2D eigenvalue weighted by molar-refractivity contribution is 5.92. The van der Waals surface area contributed by atoms with E-state index in [9.17, 15) is 4.79 Å². The van der Waals surface area contributed by atoms with Gasteiger partial charge in [-0.25, -0.2) is 0 Å². The van der Waals surface area contributed by atoms with Crippen molar-refractivity contribution in [1.29, 1.82) is 0 Å². The second-order valence-electron chi connectivity index (χ2n) is 5.77. The van der Waals surface area contributed by atoms with E-state index in [1.54, 1.807) is 0 Å². The SMILES string of the molecule is Cc1ccc(NC(=O)CC2CCCCC2)c(C#CCO)c1. The van der Waals surface area contributed by atoms with Crippen LogP contribution >= 0.6 is 0 Å². The minimum atomic E-state index is -0.177. The van der Waals surface area contributed by atoms with Crippen LogP contribution in [0.1, 0.15) is 49.7 Å². The summed E-state index contributed by atoms with van der Waals surface area (Å²) in [6.07, 6.45) is 6.72. The molecule has 1 aromatic carbocycles. The third-order valence-electron chi connectivity index (χ3n) is 3.95. The van der Waals surface area contributed by atoms with Gasteiger partial charge in [-0.2, -0.15) is 0 Å². The Balaban J connectivity index is 2.02. The van der Waals surface area contributed by atoms with Gasteiger partial charge in [-0.05, 0) is 43.4 Å². The first-order valence-corrected chi connectivity index (χ1v) is 7.69. The van der Waals surface area contributed by atoms with Crippen LogP contribution < -0.4 is 5.32 Å². The van der Waals surface area contributed by atoms with Crippen molar-refractivity contribution in [3.05, 3.63) is 29.3 Å². The van der Waals surface area contributed by atoms with Gasteiger partial charge in [0.25, 0.3) is 0 Å². The van der Waals surface area contributed by atoms with E-state index in [1.165, 1.54) is 32.1 Å². The summed E-state index contributed by atoms with van der Waals surface area (Å²) in [6.45, 7) is 1.81. The molecule has 112 valence electrons. The lowest BCUT2D eigenvalue weighted by Crippen LogP contribution is -2.18. The molecule has 1 aliphatic carbocycles. The van der Waals surface area contributed by atoms with Crippen molar-refractivity contribution >= 4 is 11.6 Å². The average molecular weight is 285 g/mol. The fourth-order valence-corrected chi connectivity index (χ4v) is 2.86. The summed E-state index contributed by atoms with van der Waals surface area (Å²) < 4.78 is 0. The maximum absolute atomic E-state index is 12.2. The van der Waals surface area contributed by atoms with Crippen LogP contribution in [0.25, 0.3) is 0 Å². The highest BCUT2D eigenvalue weighted by Crippen LogP contribution is 2.27. The van der Waals surface area contributed by atoms with Crippen LogP contribution in [-0.2, 0) is 4.79 Å². The molecule has 0 bridgehead atoms. The maximum Gasteiger partial charge on any atom is 0.224 e. The van der Waals surface area contributed by atoms with Gasteiger partial charge in [0.2, 0.25) is 5.91 Å². The molecule has 0 aromatic heterocycles. The first-order valence-electron chi connectivity index (χ1n) is 7.69. The molecule has 3 nitrogen and oxygen atoms in total. The van der Waals surface area contributed by atoms with E-state index in [1.807, 2.05) is 25.1 Å². The molecule has 0 spiro atoms. The summed E-state index contributed by atoms with van der Waals surface area (Å²) in [5.41, 5.74) is 2.59. The van der Waals surface area contributed by atoms with Crippen LogP contribution in [0.3, 0.4) is 0 Å². The molecule has 2 rings (SSSR count). The Bertz CT molecular complexity index is 548. The van der Waals surface area contributed by atoms with E-state index in [2.05, 4.69) is 17.2 Å². The van der Waals surface area contributed by atoms with Gasteiger partial charge < -0.3 is 10.4 Å². The van der Waals surface area contributed by atoms with Crippen LogP contribution in [0.5, 0.6) is 0 Å². The van der Waals surface area contributed by atoms with E-state index in [0.717, 1.165) is 16.8 Å². The second kappa shape index (κ2) is 7.85. The first-order chi connectivity index (χ1) is 10.2. The van der Waals surface area contributed by atoms with Crippen molar-refractivity contribution in [2.75, 3.05) is 11.9 Å². The summed E-state index contributed by atoms with van der Waals surface area (Å²) >= 11 is 0. The number of carbonyl (C=O) groups excluding carboxylic acids is 1. The number of aliphatic hydroxyl groups excluding tert-OH is 1. The van der Waals surface area contributed by atoms with Gasteiger partial charge in [-0.1, -0.05) is 37.2 Å². The molecule has 2 N–H and O–H groups in total. The fourth-order valence-electron chi connectivity index (χ4n) is 2.86. The van der Waals surface area contributed by atoms with Gasteiger partial charge in [-0.15, -0.1) is 0 Å². The van der Waals surface area contributed by atoms with Crippen LogP contribution in [0.2, 0.25) is 0 Å². The molecule has 21 heavy (non-hydrogen) atoms. The number of rotatable bonds is 3. The van der Waals surface area contributed by atoms with Gasteiger partial charge in [0, 0.05) is 12.0 Å². The summed E-state index contributed by atoms with van der Waals surface area (Å²) in [7, 11) is 0. The quantitative estimate of drug-likeness (QED) is 0.838. The molecule has 0 unspecified atom stereocenters. The van der Waals surface area contributed by atoms with E-state index in [-0.39, 0.29) is 12.5 Å². The molecule has 0 saturated heterocycles. The smallest absolute Gasteiger partial charge is 0.224 e. The number of aryl methyl sites for hydroxylation is 1. The predicted octanol–water partition coefficient (Wildman–Crippen LogP) is 3.25. The summed E-state index contributed by atoms with van der Waals surface area (Å²) in [4.78, 5) is 12.2. The Hall–Kier alpha value is -1.79. The number of benzene rings is 1. The zero-order valence-corrected chi connectivity index (χ0v) is 12.6. The lowest BCUT2D eigenvalue weighted by Gasteiger charge is -2.21. The Morgan fingerprint density at radius 3 is 2.81 bits per heavy atom. The molecular formula is C18H23NO2. The van der Waals surface area contributed by atoms with E-state index >= 15 is 0 Å². The highest BCUT2D eigenvalue weighted by atomic mass is 16.2. The second-order valence-corrected chi connectivity index (χ2v) is 5.77. The third kappa shape index (κ3) is 4.91. The lowest BCUT2D eigenvalue weighted by atomic mass is 9.87. The zero-order valence-electron chi connectivity index (χ0n) is 12.6. The third-order valence-corrected chi connectivity index (χ3v) is 3.95. The summed E-state index contributed by atoms with van der Waals surface area (Å²) in [5, 5.41) is 11.8. The van der Waals surface area contributed by atoms with Crippen LogP contribution in [0.4, 0.5) is 5.69 Å². The normalized spacial score (nSPS) is 15.1. The number of hydrogen-bond donors (Lipinski definition) is 2. The van der Waals surface area contributed by atoms with E-state index in [4.69, 9.17) is 5.11 Å². The first kappa shape index (κ1) is 15.6. The van der Waals surface area contributed by atoms with Crippen molar-refractivity contribution in [3.63, 3.8) is 0 Å². The predicted molar refractivity (Wildman–Crippen MR) is 85.0 cm³/mol. The van der Waals surface area contributed by atoms with Crippen molar-refractivity contribution in [1.82, 2.24) is 0 Å². The van der Waals surface area contributed by atoms with Gasteiger partial charge in [0.15, 0.2) is 0 Å². The van der Waals surface area contributed by atoms with E-state index in [0.29, 0.717) is 12.3 Å². The largest absolute Gasteiger partial charge is 0.384 e. The summed E-state index contributed by atoms with van der Waals surface area (Å²) in [5.74, 6) is 6.13. The Morgan fingerprint density at radius 1 is 1.33 bits per heavy atom. The molecule has 0 aliphatic heterocycles. The summed E-state index contributed by atoms with van der Waals surface area (Å²) in [6, 6.07) is 5.77. The lowest BCUT2D eigenvalue weighted by molar-refractivity contribution is -0.117. The number of aliphatic hydroxyl groups is 1. The van der Waals surface area contributed by atoms with E-state index < -0.39 is 0 Å². The van der Waals surface area contributed by atoms with Crippen LogP contribution in [0, 0.1) is 24.7 Å². The Kier molecular flexibility index (Phi) is 5.83. The number of hydrogen-bond acceptors (Lipinski definition) is 2. The number of nitrogens with one attached hydrogen (secondary N) is 1. The van der Waals surface area contributed by atoms with Crippen molar-refractivity contribution in [3.8, 4) is 11.8 Å². The van der Waals surface area contributed by atoms with Crippen molar-refractivity contribution in [2.45, 2.75) is 45.4 Å². The zero-order chi connectivity index (χ0) is 15.1. The van der Waals surface area contributed by atoms with Crippen LogP contribution in [-0.4, -0.2) is 17.6 Å². The highest BCUT2D eigenvalue weighted by Gasteiger charge is 2.17. The molecule has 0 radical (unpaired) electrons. The molecule has 1 saturated carbocycles. The standard InChI is InChI=1S/C18H23NO2/c1-14-9-10-17(16(12-14)8-5-11-20)19-18(21)13-15-6-3-2-4-7-15/h9-10,12,15,20H,2-4,6-7,11,13H2,1H3,(H,19,21). The Morgan fingerprint density at radius 2 is 2.10 bits per heavy atom. The van der Waals surface area contributed by atoms with Gasteiger partial charge in [-0.3, -0.25) is 4.79 Å². The number of anilines is 1. The van der Waals surface area contributed by atoms with Crippen LogP contribution in [0.15, 0.2) is 18.2 Å². The number of amides is 1. The average Bonchev–Trinajstić information content (AvgIpc) is 2.48. The van der Waals surface area contributed by atoms with Gasteiger partial charge >= 0.3 is 0 Å². The molecule has 1 aromatic rings. The minimum Gasteiger partial charge on any atom is -0.384 e. The van der Waals surface area contributed by atoms with Gasteiger partial charge in [0.1, 0.15) is 6.61 Å². The molecule has 0 heterocycles. The van der Waals surface area contributed by atoms with Gasteiger partial charge in [0.05, 0.1) is 5.69 Å². The molecule has 1 amide bonds. The monoisotopic (exact) mass is 285 g/mol. The molecule has 0 atom stereocenters. The van der Waals surface area contributed by atoms with Crippen molar-refractivity contribution < 1.29 is 9.90 Å². The molecular weight excluding hydrogens is 262 g/mol. The molecule has 1 aliphatic rings. The fraction of sp³-hybridized carbons (Fsp3) is 0.500. The van der Waals surface area contributed by atoms with Crippen molar-refractivity contribution in [2.24, 2.45) is 5.92 Å². The Labute approximate surface area is 126 Å². The topological polar surface area (TPSA) is 49.3 Å².